The molecular weight excluding hydrogens is 262 g/mol. The Hall–Kier alpha value is -1.07. The molecule has 0 spiro atoms. The standard InChI is InChI=1S/C14H23NO3S/c1-4-9-19(16,17)10-8-15-12(2)13-6-5-7-14(11-13)18-3/h5-7,11-12,15H,4,8-10H2,1-3H3/t12-/m1/s1. The summed E-state index contributed by atoms with van der Waals surface area (Å²) in [5.74, 6) is 1.27. The van der Waals surface area contributed by atoms with E-state index in [0.29, 0.717) is 13.0 Å². The van der Waals surface area contributed by atoms with Gasteiger partial charge in [-0.15, -0.1) is 0 Å². The van der Waals surface area contributed by atoms with E-state index in [9.17, 15) is 8.42 Å². The van der Waals surface area contributed by atoms with Crippen molar-refractivity contribution in [3.05, 3.63) is 29.8 Å². The summed E-state index contributed by atoms with van der Waals surface area (Å²) >= 11 is 0. The molecule has 0 fully saturated rings. The second-order valence-electron chi connectivity index (χ2n) is 4.60. The first kappa shape index (κ1) is 16.0. The van der Waals surface area contributed by atoms with Crippen LogP contribution in [-0.4, -0.2) is 33.6 Å². The monoisotopic (exact) mass is 285 g/mol. The highest BCUT2D eigenvalue weighted by molar-refractivity contribution is 7.91. The quantitative estimate of drug-likeness (QED) is 0.795. The Balaban J connectivity index is 2.49. The molecule has 19 heavy (non-hydrogen) atoms. The van der Waals surface area contributed by atoms with Crippen LogP contribution >= 0.6 is 0 Å². The summed E-state index contributed by atoms with van der Waals surface area (Å²) in [7, 11) is -1.28. The van der Waals surface area contributed by atoms with Crippen molar-refractivity contribution in [1.29, 1.82) is 0 Å². The molecule has 1 aromatic rings. The Morgan fingerprint density at radius 1 is 1.32 bits per heavy atom. The van der Waals surface area contributed by atoms with Crippen LogP contribution < -0.4 is 10.1 Å². The van der Waals surface area contributed by atoms with Crippen molar-refractivity contribution < 1.29 is 13.2 Å². The van der Waals surface area contributed by atoms with Crippen molar-refractivity contribution in [3.63, 3.8) is 0 Å². The van der Waals surface area contributed by atoms with Crippen molar-refractivity contribution in [3.8, 4) is 5.75 Å². The molecule has 0 saturated carbocycles. The molecular formula is C14H23NO3S. The van der Waals surface area contributed by atoms with Gasteiger partial charge in [-0.1, -0.05) is 19.1 Å². The summed E-state index contributed by atoms with van der Waals surface area (Å²) in [5, 5.41) is 3.23. The molecule has 0 aliphatic rings. The third-order valence-electron chi connectivity index (χ3n) is 2.97. The molecule has 5 heteroatoms. The van der Waals surface area contributed by atoms with E-state index in [0.717, 1.165) is 11.3 Å². The van der Waals surface area contributed by atoms with Crippen molar-refractivity contribution in [2.45, 2.75) is 26.3 Å². The van der Waals surface area contributed by atoms with E-state index in [2.05, 4.69) is 5.32 Å². The Labute approximate surface area is 116 Å². The molecule has 0 aliphatic heterocycles. The topological polar surface area (TPSA) is 55.4 Å². The van der Waals surface area contributed by atoms with Gasteiger partial charge in [0.25, 0.3) is 0 Å². The second-order valence-corrected chi connectivity index (χ2v) is 6.91. The maximum atomic E-state index is 11.6. The Morgan fingerprint density at radius 2 is 2.05 bits per heavy atom. The second kappa shape index (κ2) is 7.50. The lowest BCUT2D eigenvalue weighted by molar-refractivity contribution is 0.413. The fourth-order valence-electron chi connectivity index (χ4n) is 1.87. The molecule has 0 amide bonds. The van der Waals surface area contributed by atoms with E-state index >= 15 is 0 Å². The zero-order valence-corrected chi connectivity index (χ0v) is 12.7. The lowest BCUT2D eigenvalue weighted by Gasteiger charge is -2.15. The normalized spacial score (nSPS) is 13.2. The van der Waals surface area contributed by atoms with Crippen LogP contribution in [0.3, 0.4) is 0 Å². The van der Waals surface area contributed by atoms with Crippen LogP contribution in [0.4, 0.5) is 0 Å². The molecule has 1 atom stereocenters. The molecule has 0 radical (unpaired) electrons. The van der Waals surface area contributed by atoms with Crippen molar-refractivity contribution in [2.24, 2.45) is 0 Å². The third kappa shape index (κ3) is 5.61. The van der Waals surface area contributed by atoms with Gasteiger partial charge in [0, 0.05) is 18.3 Å². The minimum Gasteiger partial charge on any atom is -0.497 e. The SMILES string of the molecule is CCCS(=O)(=O)CCN[C@H](C)c1cccc(OC)c1. The van der Waals surface area contributed by atoms with Gasteiger partial charge in [0.05, 0.1) is 12.9 Å². The first-order valence-electron chi connectivity index (χ1n) is 6.56. The molecule has 0 aromatic heterocycles. The summed E-state index contributed by atoms with van der Waals surface area (Å²) in [4.78, 5) is 0. The average Bonchev–Trinajstić information content (AvgIpc) is 2.38. The van der Waals surface area contributed by atoms with Crippen molar-refractivity contribution in [2.75, 3.05) is 25.2 Å². The molecule has 0 bridgehead atoms. The molecule has 1 rings (SSSR count). The van der Waals surface area contributed by atoms with Crippen molar-refractivity contribution >= 4 is 9.84 Å². The summed E-state index contributed by atoms with van der Waals surface area (Å²) in [6.07, 6.45) is 0.674. The molecule has 0 aliphatic carbocycles. The van der Waals surface area contributed by atoms with Crippen LogP contribution in [0.5, 0.6) is 5.75 Å². The van der Waals surface area contributed by atoms with Gasteiger partial charge >= 0.3 is 0 Å². The first-order chi connectivity index (χ1) is 8.98. The average molecular weight is 285 g/mol. The molecule has 4 nitrogen and oxygen atoms in total. The van der Waals surface area contributed by atoms with Gasteiger partial charge in [-0.05, 0) is 31.0 Å². The number of methoxy groups -OCH3 is 1. The number of ether oxygens (including phenoxy) is 1. The molecule has 0 unspecified atom stereocenters. The Bertz CT molecular complexity index is 485. The van der Waals surface area contributed by atoms with Gasteiger partial charge in [0.1, 0.15) is 5.75 Å². The Morgan fingerprint density at radius 3 is 2.68 bits per heavy atom. The molecule has 108 valence electrons. The van der Waals surface area contributed by atoms with Gasteiger partial charge in [-0.2, -0.15) is 0 Å². The molecule has 1 aromatic carbocycles. The predicted molar refractivity (Wildman–Crippen MR) is 78.4 cm³/mol. The maximum absolute atomic E-state index is 11.6. The number of hydrogen-bond donors (Lipinski definition) is 1. The number of nitrogens with one attached hydrogen (secondary N) is 1. The fourth-order valence-corrected chi connectivity index (χ4v) is 3.13. The number of benzene rings is 1. The van der Waals surface area contributed by atoms with E-state index in [1.165, 1.54) is 0 Å². The summed E-state index contributed by atoms with van der Waals surface area (Å²) in [6, 6.07) is 7.88. The zero-order valence-electron chi connectivity index (χ0n) is 11.8. The largest absolute Gasteiger partial charge is 0.497 e. The summed E-state index contributed by atoms with van der Waals surface area (Å²) < 4.78 is 28.3. The fraction of sp³-hybridized carbons (Fsp3) is 0.571. The molecule has 0 heterocycles. The zero-order chi connectivity index (χ0) is 14.3. The van der Waals surface area contributed by atoms with Crippen LogP contribution in [0.2, 0.25) is 0 Å². The van der Waals surface area contributed by atoms with Crippen LogP contribution in [0.15, 0.2) is 24.3 Å². The highest BCUT2D eigenvalue weighted by Gasteiger charge is 2.11. The van der Waals surface area contributed by atoms with E-state index in [1.54, 1.807) is 7.11 Å². The smallest absolute Gasteiger partial charge is 0.151 e. The van der Waals surface area contributed by atoms with Gasteiger partial charge in [0.15, 0.2) is 9.84 Å². The summed E-state index contributed by atoms with van der Waals surface area (Å²) in [5.41, 5.74) is 1.09. The number of sulfone groups is 1. The van der Waals surface area contributed by atoms with E-state index < -0.39 is 9.84 Å². The highest BCUT2D eigenvalue weighted by atomic mass is 32.2. The van der Waals surface area contributed by atoms with Crippen LogP contribution in [0.1, 0.15) is 31.9 Å². The number of rotatable bonds is 8. The van der Waals surface area contributed by atoms with Gasteiger partial charge < -0.3 is 10.1 Å². The molecule has 0 saturated heterocycles. The summed E-state index contributed by atoms with van der Waals surface area (Å²) in [6.45, 7) is 4.37. The van der Waals surface area contributed by atoms with Crippen LogP contribution in [0, 0.1) is 0 Å². The minimum atomic E-state index is -2.91. The molecule has 1 N–H and O–H groups in total. The first-order valence-corrected chi connectivity index (χ1v) is 8.38. The predicted octanol–water partition coefficient (Wildman–Crippen LogP) is 2.17. The highest BCUT2D eigenvalue weighted by Crippen LogP contribution is 2.18. The lowest BCUT2D eigenvalue weighted by atomic mass is 10.1. The van der Waals surface area contributed by atoms with E-state index in [-0.39, 0.29) is 17.5 Å². The lowest BCUT2D eigenvalue weighted by Crippen LogP contribution is -2.26. The minimum absolute atomic E-state index is 0.104. The number of hydrogen-bond acceptors (Lipinski definition) is 4. The van der Waals surface area contributed by atoms with Gasteiger partial charge in [-0.3, -0.25) is 0 Å². The van der Waals surface area contributed by atoms with Gasteiger partial charge in [0.2, 0.25) is 0 Å². The van der Waals surface area contributed by atoms with Crippen molar-refractivity contribution in [1.82, 2.24) is 5.32 Å². The maximum Gasteiger partial charge on any atom is 0.151 e. The Kier molecular flexibility index (Phi) is 6.31. The van der Waals surface area contributed by atoms with E-state index in [4.69, 9.17) is 4.74 Å². The van der Waals surface area contributed by atoms with Gasteiger partial charge in [-0.25, -0.2) is 8.42 Å². The van der Waals surface area contributed by atoms with E-state index in [1.807, 2.05) is 38.1 Å². The van der Waals surface area contributed by atoms with Crippen LogP contribution in [0.25, 0.3) is 0 Å². The van der Waals surface area contributed by atoms with Crippen LogP contribution in [-0.2, 0) is 9.84 Å². The third-order valence-corrected chi connectivity index (χ3v) is 4.83.